The standard InChI is InChI=1S/C8H9F2N3O2/c9-7(10)5-1-2-13-6(15-5)3-4(12-13)8(11)14/h3,5,7H,1-2H2,(H2,11,14). The maximum atomic E-state index is 12.3. The van der Waals surface area contributed by atoms with Crippen LogP contribution < -0.4 is 10.5 Å². The van der Waals surface area contributed by atoms with E-state index in [0.717, 1.165) is 0 Å². The number of carbonyl (C=O) groups excluding carboxylic acids is 1. The molecule has 0 radical (unpaired) electrons. The molecule has 0 aliphatic carbocycles. The number of rotatable bonds is 2. The fourth-order valence-electron chi connectivity index (χ4n) is 1.42. The Bertz CT molecular complexity index is 391. The average Bonchev–Trinajstić information content (AvgIpc) is 2.59. The molecule has 0 bridgehead atoms. The van der Waals surface area contributed by atoms with Crippen molar-refractivity contribution in [2.45, 2.75) is 25.5 Å². The van der Waals surface area contributed by atoms with E-state index in [1.165, 1.54) is 10.7 Å². The molecule has 1 amide bonds. The summed E-state index contributed by atoms with van der Waals surface area (Å²) < 4.78 is 31.0. The molecular weight excluding hydrogens is 208 g/mol. The van der Waals surface area contributed by atoms with Gasteiger partial charge in [-0.05, 0) is 0 Å². The fraction of sp³-hybridized carbons (Fsp3) is 0.500. The van der Waals surface area contributed by atoms with Crippen molar-refractivity contribution in [3.63, 3.8) is 0 Å². The van der Waals surface area contributed by atoms with Crippen LogP contribution in [0.4, 0.5) is 8.78 Å². The number of ether oxygens (including phenoxy) is 1. The molecule has 0 saturated carbocycles. The lowest BCUT2D eigenvalue weighted by molar-refractivity contribution is -0.0135. The zero-order valence-corrected chi connectivity index (χ0v) is 7.69. The minimum absolute atomic E-state index is 0.0277. The van der Waals surface area contributed by atoms with Crippen LogP contribution in [0.1, 0.15) is 16.9 Å². The van der Waals surface area contributed by atoms with Gasteiger partial charge in [-0.15, -0.1) is 0 Å². The van der Waals surface area contributed by atoms with E-state index in [0.29, 0.717) is 6.54 Å². The summed E-state index contributed by atoms with van der Waals surface area (Å²) in [6, 6.07) is 1.27. The third-order valence-electron chi connectivity index (χ3n) is 2.17. The van der Waals surface area contributed by atoms with Crippen molar-refractivity contribution in [1.29, 1.82) is 0 Å². The molecule has 1 unspecified atom stereocenters. The van der Waals surface area contributed by atoms with Gasteiger partial charge in [0.15, 0.2) is 11.8 Å². The summed E-state index contributed by atoms with van der Waals surface area (Å²) in [6.45, 7) is 0.303. The highest BCUT2D eigenvalue weighted by Gasteiger charge is 2.29. The molecule has 0 spiro atoms. The maximum absolute atomic E-state index is 12.3. The minimum Gasteiger partial charge on any atom is -0.468 e. The zero-order valence-electron chi connectivity index (χ0n) is 7.69. The molecule has 0 fully saturated rings. The Morgan fingerprint density at radius 3 is 3.07 bits per heavy atom. The van der Waals surface area contributed by atoms with Gasteiger partial charge in [0.05, 0.1) is 0 Å². The number of aromatic nitrogens is 2. The second-order valence-electron chi connectivity index (χ2n) is 3.23. The molecule has 1 aromatic heterocycles. The number of aryl methyl sites for hydroxylation is 1. The van der Waals surface area contributed by atoms with Gasteiger partial charge in [-0.3, -0.25) is 4.79 Å². The molecule has 15 heavy (non-hydrogen) atoms. The molecule has 0 saturated heterocycles. The monoisotopic (exact) mass is 217 g/mol. The molecule has 1 aliphatic rings. The number of halogens is 2. The molecule has 2 heterocycles. The lowest BCUT2D eigenvalue weighted by Crippen LogP contribution is -2.32. The Hall–Kier alpha value is -1.66. The molecule has 1 aliphatic heterocycles. The molecule has 2 rings (SSSR count). The Balaban J connectivity index is 2.23. The number of nitrogens with zero attached hydrogens (tertiary/aromatic N) is 2. The van der Waals surface area contributed by atoms with E-state index in [-0.39, 0.29) is 18.0 Å². The molecule has 82 valence electrons. The quantitative estimate of drug-likeness (QED) is 0.779. The predicted octanol–water partition coefficient (Wildman–Crippen LogP) is 0.398. The van der Waals surface area contributed by atoms with Crippen LogP contribution in [0.15, 0.2) is 6.07 Å². The number of alkyl halides is 2. The van der Waals surface area contributed by atoms with Gasteiger partial charge in [0, 0.05) is 19.0 Å². The smallest absolute Gasteiger partial charge is 0.274 e. The van der Waals surface area contributed by atoms with Crippen LogP contribution in [-0.2, 0) is 6.54 Å². The van der Waals surface area contributed by atoms with Crippen molar-refractivity contribution in [2.24, 2.45) is 5.73 Å². The predicted molar refractivity (Wildman–Crippen MR) is 45.8 cm³/mol. The third-order valence-corrected chi connectivity index (χ3v) is 2.17. The lowest BCUT2D eigenvalue weighted by atomic mass is 10.2. The molecule has 0 aromatic carbocycles. The van der Waals surface area contributed by atoms with E-state index >= 15 is 0 Å². The maximum Gasteiger partial charge on any atom is 0.274 e. The topological polar surface area (TPSA) is 70.1 Å². The summed E-state index contributed by atoms with van der Waals surface area (Å²) in [4.78, 5) is 10.8. The van der Waals surface area contributed by atoms with Crippen LogP contribution in [0, 0.1) is 0 Å². The first-order valence-corrected chi connectivity index (χ1v) is 4.40. The highest BCUT2D eigenvalue weighted by molar-refractivity contribution is 5.91. The highest BCUT2D eigenvalue weighted by atomic mass is 19.3. The van der Waals surface area contributed by atoms with Gasteiger partial charge < -0.3 is 10.5 Å². The Morgan fingerprint density at radius 2 is 2.47 bits per heavy atom. The van der Waals surface area contributed by atoms with Gasteiger partial charge in [-0.2, -0.15) is 5.10 Å². The van der Waals surface area contributed by atoms with Crippen LogP contribution in [0.5, 0.6) is 5.88 Å². The first-order chi connectivity index (χ1) is 7.08. The van der Waals surface area contributed by atoms with Crippen molar-refractivity contribution in [2.75, 3.05) is 0 Å². The summed E-state index contributed by atoms with van der Waals surface area (Å²) in [7, 11) is 0. The first kappa shape index (κ1) is 9.88. The van der Waals surface area contributed by atoms with E-state index in [9.17, 15) is 13.6 Å². The molecule has 1 atom stereocenters. The van der Waals surface area contributed by atoms with Crippen LogP contribution in [0.3, 0.4) is 0 Å². The van der Waals surface area contributed by atoms with Crippen LogP contribution >= 0.6 is 0 Å². The van der Waals surface area contributed by atoms with Gasteiger partial charge in [-0.1, -0.05) is 0 Å². The second-order valence-corrected chi connectivity index (χ2v) is 3.23. The van der Waals surface area contributed by atoms with Crippen molar-refractivity contribution in [1.82, 2.24) is 9.78 Å². The van der Waals surface area contributed by atoms with Crippen molar-refractivity contribution in [3.05, 3.63) is 11.8 Å². The van der Waals surface area contributed by atoms with Gasteiger partial charge in [0.2, 0.25) is 5.88 Å². The van der Waals surface area contributed by atoms with E-state index < -0.39 is 18.4 Å². The number of fused-ring (bicyclic) bond motifs is 1. The fourth-order valence-corrected chi connectivity index (χ4v) is 1.42. The minimum atomic E-state index is -2.54. The number of amides is 1. The third kappa shape index (κ3) is 1.77. The van der Waals surface area contributed by atoms with Crippen LogP contribution in [-0.4, -0.2) is 28.2 Å². The van der Waals surface area contributed by atoms with Crippen molar-refractivity contribution in [3.8, 4) is 5.88 Å². The van der Waals surface area contributed by atoms with E-state index in [1.807, 2.05) is 0 Å². The lowest BCUT2D eigenvalue weighted by Gasteiger charge is -2.23. The summed E-state index contributed by atoms with van der Waals surface area (Å²) in [5.41, 5.74) is 5.03. The molecule has 2 N–H and O–H groups in total. The number of hydrogen-bond donors (Lipinski definition) is 1. The Kier molecular flexibility index (Phi) is 2.29. The van der Waals surface area contributed by atoms with E-state index in [2.05, 4.69) is 5.10 Å². The van der Waals surface area contributed by atoms with Gasteiger partial charge in [0.25, 0.3) is 12.3 Å². The summed E-state index contributed by atoms with van der Waals surface area (Å²) in [6.07, 6.45) is -3.49. The largest absolute Gasteiger partial charge is 0.468 e. The first-order valence-electron chi connectivity index (χ1n) is 4.40. The number of hydrogen-bond acceptors (Lipinski definition) is 3. The van der Waals surface area contributed by atoms with Crippen molar-refractivity contribution < 1.29 is 18.3 Å². The normalized spacial score (nSPS) is 19.8. The van der Waals surface area contributed by atoms with Gasteiger partial charge in [-0.25, -0.2) is 13.5 Å². The highest BCUT2D eigenvalue weighted by Crippen LogP contribution is 2.24. The van der Waals surface area contributed by atoms with Crippen LogP contribution in [0.25, 0.3) is 0 Å². The Labute approximate surface area is 83.8 Å². The van der Waals surface area contributed by atoms with Crippen LogP contribution in [0.2, 0.25) is 0 Å². The zero-order chi connectivity index (χ0) is 11.0. The van der Waals surface area contributed by atoms with E-state index in [1.54, 1.807) is 0 Å². The van der Waals surface area contributed by atoms with E-state index in [4.69, 9.17) is 10.5 Å². The van der Waals surface area contributed by atoms with Gasteiger partial charge in [0.1, 0.15) is 0 Å². The number of primary amides is 1. The summed E-state index contributed by atoms with van der Waals surface area (Å²) >= 11 is 0. The molecular formula is C8H9F2N3O2. The average molecular weight is 217 g/mol. The second kappa shape index (κ2) is 3.48. The van der Waals surface area contributed by atoms with Crippen molar-refractivity contribution >= 4 is 5.91 Å². The number of carbonyl (C=O) groups is 1. The summed E-state index contributed by atoms with van der Waals surface area (Å²) in [5.74, 6) is -0.533. The molecule has 1 aromatic rings. The molecule has 5 nitrogen and oxygen atoms in total. The summed E-state index contributed by atoms with van der Waals surface area (Å²) in [5, 5.41) is 3.82. The van der Waals surface area contributed by atoms with Gasteiger partial charge >= 0.3 is 0 Å². The number of nitrogens with two attached hydrogens (primary N) is 1. The molecule has 7 heteroatoms. The Morgan fingerprint density at radius 1 is 1.73 bits per heavy atom. The SMILES string of the molecule is NC(=O)c1cc2n(n1)CCC(C(F)F)O2.